The third-order valence-corrected chi connectivity index (χ3v) is 11.1. The van der Waals surface area contributed by atoms with Crippen molar-refractivity contribution in [3.05, 3.63) is 114 Å². The van der Waals surface area contributed by atoms with Crippen molar-refractivity contribution in [2.24, 2.45) is 0 Å². The van der Waals surface area contributed by atoms with E-state index in [0.717, 1.165) is 5.02 Å². The molecule has 10 aromatic rings. The maximum Gasteiger partial charge on any atom is 0.0619 e. The largest absolute Gasteiger partial charge is 0.308 e. The molecule has 4 heterocycles. The Morgan fingerprint density at radius 1 is 0.500 bits per heavy atom. The van der Waals surface area contributed by atoms with E-state index in [9.17, 15) is 0 Å². The van der Waals surface area contributed by atoms with Gasteiger partial charge in [-0.25, -0.2) is 0 Å². The molecule has 0 spiro atoms. The zero-order valence-electron chi connectivity index (χ0n) is 21.0. The van der Waals surface area contributed by atoms with Gasteiger partial charge in [-0.2, -0.15) is 0 Å². The summed E-state index contributed by atoms with van der Waals surface area (Å²) >= 11 is 10.4. The fourth-order valence-corrected chi connectivity index (χ4v) is 9.75. The van der Waals surface area contributed by atoms with Gasteiger partial charge in [0.15, 0.2) is 0 Å². The monoisotopic (exact) mass is 563 g/mol. The van der Waals surface area contributed by atoms with Crippen LogP contribution in [0.4, 0.5) is 0 Å². The summed E-state index contributed by atoms with van der Waals surface area (Å²) in [5.74, 6) is 0. The number of thiophene rings is 2. The molecule has 0 aliphatic rings. The highest BCUT2D eigenvalue weighted by atomic mass is 35.5. The zero-order valence-corrected chi connectivity index (χ0v) is 23.4. The molecule has 40 heavy (non-hydrogen) atoms. The predicted octanol–water partition coefficient (Wildman–Crippen LogP) is 11.9. The van der Waals surface area contributed by atoms with Crippen molar-refractivity contribution in [1.82, 2.24) is 4.40 Å². The number of hydrogen-bond donors (Lipinski definition) is 0. The van der Waals surface area contributed by atoms with Crippen LogP contribution in [0, 0.1) is 0 Å². The number of nitrogens with zero attached hydrogens (tertiary/aromatic N) is 1. The first kappa shape index (κ1) is 21.6. The van der Waals surface area contributed by atoms with Crippen LogP contribution >= 0.6 is 34.3 Å². The molecule has 10 rings (SSSR count). The maximum absolute atomic E-state index is 6.52. The number of fused-ring (bicyclic) bond motifs is 9. The van der Waals surface area contributed by atoms with E-state index in [1.54, 1.807) is 0 Å². The highest BCUT2D eigenvalue weighted by Crippen LogP contribution is 2.51. The molecule has 4 aromatic heterocycles. The molecule has 0 saturated carbocycles. The summed E-state index contributed by atoms with van der Waals surface area (Å²) in [6.07, 6.45) is 0. The highest BCUT2D eigenvalue weighted by Gasteiger charge is 2.23. The van der Waals surface area contributed by atoms with Crippen LogP contribution in [0.2, 0.25) is 5.02 Å². The Bertz CT molecular complexity index is 2650. The first-order chi connectivity index (χ1) is 19.8. The van der Waals surface area contributed by atoms with Crippen LogP contribution in [-0.4, -0.2) is 4.40 Å². The van der Waals surface area contributed by atoms with Crippen LogP contribution in [0.3, 0.4) is 0 Å². The van der Waals surface area contributed by atoms with Crippen LogP contribution in [0.25, 0.3) is 89.6 Å². The van der Waals surface area contributed by atoms with Crippen molar-refractivity contribution in [3.8, 4) is 11.1 Å². The van der Waals surface area contributed by atoms with Crippen LogP contribution in [0.5, 0.6) is 0 Å². The second-order valence-electron chi connectivity index (χ2n) is 10.6. The number of benzene rings is 6. The smallest absolute Gasteiger partial charge is 0.0619 e. The highest BCUT2D eigenvalue weighted by molar-refractivity contribution is 7.30. The first-order valence-corrected chi connectivity index (χ1v) is 15.4. The van der Waals surface area contributed by atoms with E-state index in [0.29, 0.717) is 0 Å². The van der Waals surface area contributed by atoms with E-state index in [2.05, 4.69) is 108 Å². The van der Waals surface area contributed by atoms with Gasteiger partial charge in [0, 0.05) is 61.5 Å². The molecule has 186 valence electrons. The van der Waals surface area contributed by atoms with Gasteiger partial charge in [-0.1, -0.05) is 78.3 Å². The normalized spacial score (nSPS) is 12.6. The minimum Gasteiger partial charge on any atom is -0.308 e. The van der Waals surface area contributed by atoms with E-state index in [1.807, 2.05) is 28.7 Å². The summed E-state index contributed by atoms with van der Waals surface area (Å²) in [4.78, 5) is 0. The molecule has 0 saturated heterocycles. The maximum atomic E-state index is 6.52. The fourth-order valence-electron chi connectivity index (χ4n) is 7.03. The first-order valence-electron chi connectivity index (χ1n) is 13.4. The van der Waals surface area contributed by atoms with Gasteiger partial charge in [0.1, 0.15) is 0 Å². The van der Waals surface area contributed by atoms with E-state index in [4.69, 9.17) is 11.6 Å². The number of aromatic nitrogens is 1. The molecular formula is C36H18ClNS2. The van der Waals surface area contributed by atoms with Crippen molar-refractivity contribution < 1.29 is 0 Å². The Morgan fingerprint density at radius 3 is 2.15 bits per heavy atom. The number of rotatable bonds is 1. The van der Waals surface area contributed by atoms with Crippen LogP contribution in [0.1, 0.15) is 0 Å². The summed E-state index contributed by atoms with van der Waals surface area (Å²) in [5, 5.41) is 11.3. The SMILES string of the molecule is Clc1ccc2c(c1)c1cccc3c4cc5sc6cccc(-c7ccccc7)c6c5c5sc6cccc(c6c45)n2c31. The molecule has 0 N–H and O–H groups in total. The average molecular weight is 564 g/mol. The molecule has 0 atom stereocenters. The molecule has 6 aromatic carbocycles. The number of hydrogen-bond acceptors (Lipinski definition) is 2. The van der Waals surface area contributed by atoms with E-state index in [-0.39, 0.29) is 0 Å². The zero-order chi connectivity index (χ0) is 26.1. The number of halogens is 1. The summed E-state index contributed by atoms with van der Waals surface area (Å²) in [6.45, 7) is 0. The summed E-state index contributed by atoms with van der Waals surface area (Å²) in [6, 6.07) is 39.9. The lowest BCUT2D eigenvalue weighted by molar-refractivity contribution is 1.36. The van der Waals surface area contributed by atoms with Crippen molar-refractivity contribution in [1.29, 1.82) is 0 Å². The summed E-state index contributed by atoms with van der Waals surface area (Å²) < 4.78 is 7.88. The van der Waals surface area contributed by atoms with E-state index < -0.39 is 0 Å². The minimum atomic E-state index is 0.770. The fraction of sp³-hybridized carbons (Fsp3) is 0. The molecule has 4 heteroatoms. The van der Waals surface area contributed by atoms with Gasteiger partial charge in [-0.05, 0) is 59.0 Å². The van der Waals surface area contributed by atoms with E-state index in [1.165, 1.54) is 89.6 Å². The lowest BCUT2D eigenvalue weighted by Crippen LogP contribution is -1.84. The molecular weight excluding hydrogens is 546 g/mol. The third kappa shape index (κ3) is 2.59. The van der Waals surface area contributed by atoms with Gasteiger partial charge in [0.2, 0.25) is 0 Å². The molecule has 0 amide bonds. The van der Waals surface area contributed by atoms with Crippen LogP contribution in [0.15, 0.2) is 109 Å². The Labute approximate surface area is 241 Å². The van der Waals surface area contributed by atoms with Gasteiger partial charge < -0.3 is 4.40 Å². The van der Waals surface area contributed by atoms with Crippen LogP contribution < -0.4 is 0 Å². The van der Waals surface area contributed by atoms with Gasteiger partial charge in [-0.15, -0.1) is 22.7 Å². The minimum absolute atomic E-state index is 0.770. The topological polar surface area (TPSA) is 4.41 Å². The standard InChI is InChI=1S/C36H18ClNS2/c37-20-15-16-26-24(17-20)22-10-4-11-23-25-18-30-34(31-21(9-5-13-28(31)39-30)19-7-2-1-3-8-19)36-32(25)33-27(38(26)35(22)23)12-6-14-29(33)40-36/h1-18H. The Hall–Kier alpha value is -4.15. The predicted molar refractivity (Wildman–Crippen MR) is 177 cm³/mol. The molecule has 0 bridgehead atoms. The molecule has 0 fully saturated rings. The quantitative estimate of drug-likeness (QED) is 0.187. The Balaban J connectivity index is 1.54. The van der Waals surface area contributed by atoms with Gasteiger partial charge in [0.05, 0.1) is 16.6 Å². The van der Waals surface area contributed by atoms with Gasteiger partial charge in [-0.3, -0.25) is 0 Å². The molecule has 0 radical (unpaired) electrons. The second kappa shape index (κ2) is 7.52. The third-order valence-electron chi connectivity index (χ3n) is 8.57. The molecule has 1 nitrogen and oxygen atoms in total. The second-order valence-corrected chi connectivity index (χ2v) is 13.2. The Kier molecular flexibility index (Phi) is 4.07. The lowest BCUT2D eigenvalue weighted by atomic mass is 9.97. The van der Waals surface area contributed by atoms with Crippen molar-refractivity contribution in [2.45, 2.75) is 0 Å². The molecule has 0 aliphatic carbocycles. The molecule has 0 aliphatic heterocycles. The van der Waals surface area contributed by atoms with Crippen molar-refractivity contribution in [3.63, 3.8) is 0 Å². The lowest BCUT2D eigenvalue weighted by Gasteiger charge is -2.06. The van der Waals surface area contributed by atoms with Crippen LogP contribution in [-0.2, 0) is 0 Å². The van der Waals surface area contributed by atoms with Gasteiger partial charge in [0.25, 0.3) is 0 Å². The molecule has 0 unspecified atom stereocenters. The van der Waals surface area contributed by atoms with Gasteiger partial charge >= 0.3 is 0 Å². The van der Waals surface area contributed by atoms with Crippen molar-refractivity contribution in [2.75, 3.05) is 0 Å². The average Bonchev–Trinajstić information content (AvgIpc) is 3.63. The summed E-state index contributed by atoms with van der Waals surface area (Å²) in [7, 11) is 0. The number of para-hydroxylation sites is 1. The summed E-state index contributed by atoms with van der Waals surface area (Å²) in [5.41, 5.74) is 6.29. The van der Waals surface area contributed by atoms with E-state index >= 15 is 0 Å². The Morgan fingerprint density at radius 2 is 1.27 bits per heavy atom. The van der Waals surface area contributed by atoms with Crippen molar-refractivity contribution >= 4 is 113 Å².